The second-order valence-electron chi connectivity index (χ2n) is 6.08. The van der Waals surface area contributed by atoms with Gasteiger partial charge in [-0.2, -0.15) is 0 Å². The Labute approximate surface area is 115 Å². The summed E-state index contributed by atoms with van der Waals surface area (Å²) in [6, 6.07) is 10.3. The van der Waals surface area contributed by atoms with Crippen LogP contribution in [0.1, 0.15) is 32.6 Å². The molecule has 0 amide bonds. The van der Waals surface area contributed by atoms with Gasteiger partial charge in [0.15, 0.2) is 5.96 Å². The lowest BCUT2D eigenvalue weighted by molar-refractivity contribution is 0.294. The van der Waals surface area contributed by atoms with Crippen LogP contribution in [0.2, 0.25) is 0 Å². The Morgan fingerprint density at radius 1 is 1.26 bits per heavy atom. The van der Waals surface area contributed by atoms with Gasteiger partial charge >= 0.3 is 0 Å². The van der Waals surface area contributed by atoms with Crippen LogP contribution in [-0.4, -0.2) is 12.0 Å². The number of anilines is 1. The molecule has 1 aromatic carbocycles. The number of nitrogens with one attached hydrogen (secondary N) is 1. The van der Waals surface area contributed by atoms with Crippen molar-refractivity contribution in [1.82, 2.24) is 0 Å². The highest BCUT2D eigenvalue weighted by molar-refractivity contribution is 5.92. The third-order valence-electron chi connectivity index (χ3n) is 4.80. The van der Waals surface area contributed by atoms with Gasteiger partial charge in [-0.25, -0.2) is 4.99 Å². The van der Waals surface area contributed by atoms with Crippen LogP contribution in [0.5, 0.6) is 0 Å². The lowest BCUT2D eigenvalue weighted by Crippen LogP contribution is -2.29. The number of nitrogens with zero attached hydrogens (tertiary/aromatic N) is 1. The second kappa shape index (κ2) is 5.24. The van der Waals surface area contributed by atoms with E-state index in [2.05, 4.69) is 17.2 Å². The second-order valence-corrected chi connectivity index (χ2v) is 6.08. The number of rotatable bonds is 3. The number of fused-ring (bicyclic) bond motifs is 2. The topological polar surface area (TPSA) is 50.4 Å². The predicted octanol–water partition coefficient (Wildman–Crippen LogP) is 3.24. The van der Waals surface area contributed by atoms with Crippen molar-refractivity contribution in [2.45, 2.75) is 38.6 Å². The highest BCUT2D eigenvalue weighted by Gasteiger charge is 2.41. The summed E-state index contributed by atoms with van der Waals surface area (Å²) < 4.78 is 0. The molecular weight excluding hydrogens is 234 g/mol. The summed E-state index contributed by atoms with van der Waals surface area (Å²) in [5.41, 5.74) is 7.01. The van der Waals surface area contributed by atoms with Crippen LogP contribution in [0.3, 0.4) is 0 Å². The minimum atomic E-state index is 0.339. The summed E-state index contributed by atoms with van der Waals surface area (Å²) in [5.74, 6) is 3.15. The van der Waals surface area contributed by atoms with E-state index < -0.39 is 0 Å². The van der Waals surface area contributed by atoms with E-state index in [0.29, 0.717) is 12.0 Å². The van der Waals surface area contributed by atoms with Gasteiger partial charge in [0, 0.05) is 5.69 Å². The van der Waals surface area contributed by atoms with E-state index in [-0.39, 0.29) is 0 Å². The molecule has 3 rings (SSSR count). The summed E-state index contributed by atoms with van der Waals surface area (Å²) >= 11 is 0. The van der Waals surface area contributed by atoms with Crippen LogP contribution >= 0.6 is 0 Å². The van der Waals surface area contributed by atoms with Gasteiger partial charge in [0.1, 0.15) is 0 Å². The zero-order chi connectivity index (χ0) is 13.2. The number of guanidine groups is 1. The zero-order valence-electron chi connectivity index (χ0n) is 11.5. The molecule has 3 nitrogen and oxygen atoms in total. The van der Waals surface area contributed by atoms with E-state index in [1.165, 1.54) is 25.7 Å². The third-order valence-corrected chi connectivity index (χ3v) is 4.80. The van der Waals surface area contributed by atoms with Crippen LogP contribution < -0.4 is 11.1 Å². The van der Waals surface area contributed by atoms with Crippen molar-refractivity contribution in [3.63, 3.8) is 0 Å². The summed E-state index contributed by atoms with van der Waals surface area (Å²) in [6.45, 7) is 2.21. The van der Waals surface area contributed by atoms with Crippen molar-refractivity contribution < 1.29 is 0 Å². The Kier molecular flexibility index (Phi) is 3.45. The number of nitrogens with two attached hydrogens (primary N) is 1. The molecule has 19 heavy (non-hydrogen) atoms. The summed E-state index contributed by atoms with van der Waals surface area (Å²) in [7, 11) is 0. The van der Waals surface area contributed by atoms with Gasteiger partial charge in [-0.1, -0.05) is 24.6 Å². The SMILES string of the molecule is CC(N=C(N)Nc1ccccc1)C1CC2CCC1C2. The molecule has 3 heteroatoms. The lowest BCUT2D eigenvalue weighted by Gasteiger charge is -2.25. The fourth-order valence-corrected chi connectivity index (χ4v) is 3.90. The Morgan fingerprint density at radius 2 is 2.05 bits per heavy atom. The fraction of sp³-hybridized carbons (Fsp3) is 0.562. The monoisotopic (exact) mass is 257 g/mol. The Morgan fingerprint density at radius 3 is 2.68 bits per heavy atom. The first-order valence-corrected chi connectivity index (χ1v) is 7.37. The fourth-order valence-electron chi connectivity index (χ4n) is 3.90. The summed E-state index contributed by atoms with van der Waals surface area (Å²) in [4.78, 5) is 4.66. The molecule has 0 heterocycles. The van der Waals surface area contributed by atoms with Crippen molar-refractivity contribution in [3.05, 3.63) is 30.3 Å². The molecule has 2 fully saturated rings. The van der Waals surface area contributed by atoms with Crippen LogP contribution in [0.15, 0.2) is 35.3 Å². The maximum absolute atomic E-state index is 6.01. The molecule has 0 radical (unpaired) electrons. The molecule has 0 aliphatic heterocycles. The lowest BCUT2D eigenvalue weighted by atomic mass is 9.84. The van der Waals surface area contributed by atoms with Gasteiger partial charge in [0.2, 0.25) is 0 Å². The molecule has 2 aliphatic carbocycles. The van der Waals surface area contributed by atoms with Crippen molar-refractivity contribution in [3.8, 4) is 0 Å². The third kappa shape index (κ3) is 2.75. The highest BCUT2D eigenvalue weighted by Crippen LogP contribution is 2.50. The Bertz CT molecular complexity index is 454. The van der Waals surface area contributed by atoms with Crippen LogP contribution in [0.4, 0.5) is 5.69 Å². The number of para-hydroxylation sites is 1. The molecule has 4 atom stereocenters. The molecule has 3 N–H and O–H groups in total. The quantitative estimate of drug-likeness (QED) is 0.645. The first-order valence-electron chi connectivity index (χ1n) is 7.37. The van der Waals surface area contributed by atoms with Gasteiger partial charge in [-0.15, -0.1) is 0 Å². The van der Waals surface area contributed by atoms with Crippen LogP contribution in [0, 0.1) is 17.8 Å². The smallest absolute Gasteiger partial charge is 0.193 e. The minimum absolute atomic E-state index is 0.339. The Balaban J connectivity index is 1.61. The van der Waals surface area contributed by atoms with E-state index in [9.17, 15) is 0 Å². The number of hydrogen-bond donors (Lipinski definition) is 2. The predicted molar refractivity (Wildman–Crippen MR) is 80.1 cm³/mol. The van der Waals surface area contributed by atoms with E-state index >= 15 is 0 Å². The first-order chi connectivity index (χ1) is 9.22. The van der Waals surface area contributed by atoms with E-state index in [1.807, 2.05) is 30.3 Å². The van der Waals surface area contributed by atoms with Gasteiger partial charge in [-0.05, 0) is 56.1 Å². The van der Waals surface area contributed by atoms with Gasteiger partial charge in [0.25, 0.3) is 0 Å². The largest absolute Gasteiger partial charge is 0.370 e. The molecule has 102 valence electrons. The Hall–Kier alpha value is -1.51. The molecule has 0 saturated heterocycles. The molecule has 0 aromatic heterocycles. The molecular formula is C16H23N3. The average molecular weight is 257 g/mol. The maximum Gasteiger partial charge on any atom is 0.193 e. The van der Waals surface area contributed by atoms with E-state index in [1.54, 1.807) is 0 Å². The first kappa shape index (κ1) is 12.5. The maximum atomic E-state index is 6.01. The zero-order valence-corrected chi connectivity index (χ0v) is 11.5. The molecule has 2 saturated carbocycles. The van der Waals surface area contributed by atoms with E-state index in [0.717, 1.165) is 23.4 Å². The number of aliphatic imine (C=N–C) groups is 1. The van der Waals surface area contributed by atoms with Crippen molar-refractivity contribution in [2.24, 2.45) is 28.5 Å². The molecule has 0 spiro atoms. The molecule has 4 unspecified atom stereocenters. The number of hydrogen-bond acceptors (Lipinski definition) is 1. The molecule has 2 aliphatic rings. The normalized spacial score (nSPS) is 31.4. The van der Waals surface area contributed by atoms with Crippen molar-refractivity contribution in [1.29, 1.82) is 0 Å². The summed E-state index contributed by atoms with van der Waals surface area (Å²) in [5, 5.41) is 3.17. The summed E-state index contributed by atoms with van der Waals surface area (Å²) in [6.07, 6.45) is 5.63. The van der Waals surface area contributed by atoms with Gasteiger partial charge in [-0.3, -0.25) is 0 Å². The van der Waals surface area contributed by atoms with Gasteiger partial charge in [0.05, 0.1) is 6.04 Å². The van der Waals surface area contributed by atoms with Crippen LogP contribution in [0.25, 0.3) is 0 Å². The van der Waals surface area contributed by atoms with Crippen LogP contribution in [-0.2, 0) is 0 Å². The van der Waals surface area contributed by atoms with Crippen molar-refractivity contribution >= 4 is 11.6 Å². The van der Waals surface area contributed by atoms with Crippen molar-refractivity contribution in [2.75, 3.05) is 5.32 Å². The van der Waals surface area contributed by atoms with Gasteiger partial charge < -0.3 is 11.1 Å². The molecule has 2 bridgehead atoms. The minimum Gasteiger partial charge on any atom is -0.370 e. The number of benzene rings is 1. The standard InChI is InChI=1S/C16H23N3/c1-11(15-10-12-7-8-13(15)9-12)18-16(17)19-14-5-3-2-4-6-14/h2-6,11-13,15H,7-10H2,1H3,(H3,17,18,19). The highest BCUT2D eigenvalue weighted by atomic mass is 15.1. The molecule has 1 aromatic rings. The average Bonchev–Trinajstić information content (AvgIpc) is 3.02. The van der Waals surface area contributed by atoms with E-state index in [4.69, 9.17) is 5.73 Å².